The van der Waals surface area contributed by atoms with E-state index in [1.54, 1.807) is 6.33 Å². The van der Waals surface area contributed by atoms with Gasteiger partial charge in [-0.2, -0.15) is 0 Å². The molecule has 1 unspecified atom stereocenters. The van der Waals surface area contributed by atoms with Crippen molar-refractivity contribution in [3.8, 4) is 0 Å². The van der Waals surface area contributed by atoms with Gasteiger partial charge in [0.15, 0.2) is 0 Å². The molecule has 0 fully saturated rings. The molecule has 0 saturated carbocycles. The normalized spacial score (nSPS) is 18.6. The van der Waals surface area contributed by atoms with Crippen molar-refractivity contribution in [2.24, 2.45) is 0 Å². The highest BCUT2D eigenvalue weighted by Crippen LogP contribution is 2.41. The molecule has 0 aliphatic carbocycles. The number of nitrogens with zero attached hydrogens (tertiary/aromatic N) is 3. The minimum absolute atomic E-state index is 0.150. The predicted molar refractivity (Wildman–Crippen MR) is 96.6 cm³/mol. The highest BCUT2D eigenvalue weighted by atomic mass is 15.5. The zero-order valence-electron chi connectivity index (χ0n) is 14.0. The fourth-order valence-corrected chi connectivity index (χ4v) is 3.36. The molecule has 0 saturated heterocycles. The van der Waals surface area contributed by atoms with Crippen LogP contribution in [0, 0.1) is 0 Å². The molecule has 0 amide bonds. The fraction of sp³-hybridized carbons (Fsp3) is 0.263. The number of fused-ring (bicyclic) bond motifs is 3. The number of anilines is 1. The summed E-state index contributed by atoms with van der Waals surface area (Å²) in [4.78, 5) is 8.89. The van der Waals surface area contributed by atoms with Crippen LogP contribution in [0.3, 0.4) is 0 Å². The van der Waals surface area contributed by atoms with Crippen LogP contribution in [0.2, 0.25) is 0 Å². The van der Waals surface area contributed by atoms with Crippen molar-refractivity contribution in [2.75, 3.05) is 12.4 Å². The molecule has 0 radical (unpaired) electrons. The quantitative estimate of drug-likeness (QED) is 0.902. The minimum Gasteiger partial charge on any atom is -0.372 e. The van der Waals surface area contributed by atoms with Crippen LogP contribution < -0.4 is 10.7 Å². The first-order valence-electron chi connectivity index (χ1n) is 8.38. The molecular weight excluding hydrogens is 298 g/mol. The molecule has 1 aromatic carbocycles. The second-order valence-electron chi connectivity index (χ2n) is 6.02. The van der Waals surface area contributed by atoms with Crippen LogP contribution >= 0.6 is 0 Å². The van der Waals surface area contributed by atoms with Crippen LogP contribution in [-0.2, 0) is 0 Å². The first-order valence-corrected chi connectivity index (χ1v) is 8.38. The molecular formula is C19H21N5. The van der Waals surface area contributed by atoms with Gasteiger partial charge >= 0.3 is 0 Å². The van der Waals surface area contributed by atoms with Gasteiger partial charge in [0.2, 0.25) is 0 Å². The minimum atomic E-state index is 0.150. The van der Waals surface area contributed by atoms with Crippen molar-refractivity contribution in [1.82, 2.24) is 20.4 Å². The van der Waals surface area contributed by atoms with Gasteiger partial charge in [-0.15, -0.1) is 0 Å². The Morgan fingerprint density at radius 2 is 2.04 bits per heavy atom. The molecule has 5 nitrogen and oxygen atoms in total. The average Bonchev–Trinajstić information content (AvgIpc) is 3.08. The lowest BCUT2D eigenvalue weighted by molar-refractivity contribution is 0.344. The van der Waals surface area contributed by atoms with E-state index in [1.165, 1.54) is 11.3 Å². The second-order valence-corrected chi connectivity index (χ2v) is 6.02. The summed E-state index contributed by atoms with van der Waals surface area (Å²) in [6, 6.07) is 10.6. The standard InChI is InChI=1S/C19H21N5/c1-3-7-14-10-16-18(19(20-2)22-12-21-16)17-11-15(23-24(14)17)13-8-5-4-6-9-13/h4-6,8-12,15,23H,3,7H2,1-2H3,(H,20,21,22). The smallest absolute Gasteiger partial charge is 0.139 e. The van der Waals surface area contributed by atoms with Crippen molar-refractivity contribution in [1.29, 1.82) is 0 Å². The van der Waals surface area contributed by atoms with Gasteiger partial charge < -0.3 is 5.32 Å². The van der Waals surface area contributed by atoms with Crippen LogP contribution in [0.5, 0.6) is 0 Å². The third kappa shape index (κ3) is 2.37. The maximum atomic E-state index is 4.50. The van der Waals surface area contributed by atoms with Gasteiger partial charge in [-0.05, 0) is 24.1 Å². The Hall–Kier alpha value is -2.66. The Bertz CT molecular complexity index is 810. The molecule has 24 heavy (non-hydrogen) atoms. The van der Waals surface area contributed by atoms with Crippen molar-refractivity contribution >= 4 is 17.6 Å². The third-order valence-electron chi connectivity index (χ3n) is 4.46. The van der Waals surface area contributed by atoms with E-state index in [-0.39, 0.29) is 6.04 Å². The Morgan fingerprint density at radius 1 is 1.21 bits per heavy atom. The number of hydrogen-bond donors (Lipinski definition) is 2. The molecule has 2 aliphatic rings. The maximum absolute atomic E-state index is 4.50. The molecule has 122 valence electrons. The lowest BCUT2D eigenvalue weighted by atomic mass is 10.0. The van der Waals surface area contributed by atoms with Crippen molar-refractivity contribution in [3.05, 3.63) is 65.3 Å². The zero-order chi connectivity index (χ0) is 16.5. The summed E-state index contributed by atoms with van der Waals surface area (Å²) >= 11 is 0. The molecule has 1 atom stereocenters. The Balaban J connectivity index is 1.84. The van der Waals surface area contributed by atoms with E-state index in [9.17, 15) is 0 Å². The number of aromatic nitrogens is 2. The molecule has 1 aromatic heterocycles. The lowest BCUT2D eigenvalue weighted by Crippen LogP contribution is -2.34. The molecule has 2 aromatic rings. The number of nitrogens with one attached hydrogen (secondary N) is 2. The summed E-state index contributed by atoms with van der Waals surface area (Å²) in [5, 5.41) is 5.40. The second kappa shape index (κ2) is 6.09. The number of rotatable bonds is 4. The summed E-state index contributed by atoms with van der Waals surface area (Å²) in [5.41, 5.74) is 9.30. The van der Waals surface area contributed by atoms with Crippen LogP contribution in [0.4, 0.5) is 5.82 Å². The molecule has 0 spiro atoms. The zero-order valence-corrected chi connectivity index (χ0v) is 14.0. The molecule has 2 aliphatic heterocycles. The van der Waals surface area contributed by atoms with Crippen molar-refractivity contribution in [2.45, 2.75) is 25.8 Å². The molecule has 5 heteroatoms. The van der Waals surface area contributed by atoms with Gasteiger partial charge in [0.05, 0.1) is 23.0 Å². The SMILES string of the molecule is CCCC1=Cc2ncnc(NC)c2C2=CC(c3ccccc3)NN12. The molecule has 0 bridgehead atoms. The van der Waals surface area contributed by atoms with E-state index in [4.69, 9.17) is 0 Å². The van der Waals surface area contributed by atoms with Crippen LogP contribution in [-0.4, -0.2) is 22.0 Å². The van der Waals surface area contributed by atoms with Crippen LogP contribution in [0.1, 0.15) is 42.6 Å². The largest absolute Gasteiger partial charge is 0.372 e. The first kappa shape index (κ1) is 14.9. The van der Waals surface area contributed by atoms with Gasteiger partial charge in [-0.25, -0.2) is 15.4 Å². The summed E-state index contributed by atoms with van der Waals surface area (Å²) < 4.78 is 0. The van der Waals surface area contributed by atoms with Crippen molar-refractivity contribution < 1.29 is 0 Å². The van der Waals surface area contributed by atoms with E-state index in [1.807, 2.05) is 13.1 Å². The predicted octanol–water partition coefficient (Wildman–Crippen LogP) is 3.58. The molecule has 4 rings (SSSR count). The van der Waals surface area contributed by atoms with Gasteiger partial charge in [-0.3, -0.25) is 5.01 Å². The van der Waals surface area contributed by atoms with Gasteiger partial charge in [-0.1, -0.05) is 43.7 Å². The van der Waals surface area contributed by atoms with Gasteiger partial charge in [0.1, 0.15) is 12.1 Å². The lowest BCUT2D eigenvalue weighted by Gasteiger charge is -2.31. The van der Waals surface area contributed by atoms with E-state index in [0.717, 1.165) is 35.6 Å². The topological polar surface area (TPSA) is 53.1 Å². The molecule has 2 N–H and O–H groups in total. The highest BCUT2D eigenvalue weighted by molar-refractivity contribution is 5.84. The van der Waals surface area contributed by atoms with Crippen molar-refractivity contribution in [3.63, 3.8) is 0 Å². The number of hydrogen-bond acceptors (Lipinski definition) is 5. The van der Waals surface area contributed by atoms with E-state index >= 15 is 0 Å². The maximum Gasteiger partial charge on any atom is 0.139 e. The summed E-state index contributed by atoms with van der Waals surface area (Å²) in [6.07, 6.45) is 8.15. The monoisotopic (exact) mass is 319 g/mol. The highest BCUT2D eigenvalue weighted by Gasteiger charge is 2.33. The summed E-state index contributed by atoms with van der Waals surface area (Å²) in [7, 11) is 1.90. The van der Waals surface area contributed by atoms with E-state index in [0.29, 0.717) is 0 Å². The number of hydrazine groups is 1. The first-order chi connectivity index (χ1) is 11.8. The van der Waals surface area contributed by atoms with Gasteiger partial charge in [0, 0.05) is 12.7 Å². The number of benzene rings is 1. The summed E-state index contributed by atoms with van der Waals surface area (Å²) in [6.45, 7) is 2.20. The Labute approximate surface area is 142 Å². The fourth-order valence-electron chi connectivity index (χ4n) is 3.36. The van der Waals surface area contributed by atoms with Gasteiger partial charge in [0.25, 0.3) is 0 Å². The third-order valence-corrected chi connectivity index (χ3v) is 4.46. The summed E-state index contributed by atoms with van der Waals surface area (Å²) in [5.74, 6) is 0.860. The van der Waals surface area contributed by atoms with E-state index < -0.39 is 0 Å². The average molecular weight is 319 g/mol. The Morgan fingerprint density at radius 3 is 2.79 bits per heavy atom. The van der Waals surface area contributed by atoms with Crippen LogP contribution in [0.25, 0.3) is 11.8 Å². The van der Waals surface area contributed by atoms with Crippen LogP contribution in [0.15, 0.2) is 48.4 Å². The van der Waals surface area contributed by atoms with E-state index in [2.05, 4.69) is 69.1 Å². The Kier molecular flexibility index (Phi) is 3.78. The number of allylic oxidation sites excluding steroid dienone is 1. The molecule has 3 heterocycles.